The van der Waals surface area contributed by atoms with Crippen molar-refractivity contribution >= 4 is 24.0 Å². The van der Waals surface area contributed by atoms with Crippen LogP contribution < -0.4 is 19.3 Å². The van der Waals surface area contributed by atoms with Gasteiger partial charge in [0.15, 0.2) is 5.82 Å². The van der Waals surface area contributed by atoms with Crippen LogP contribution in [0.25, 0.3) is 0 Å². The van der Waals surface area contributed by atoms with E-state index in [2.05, 4.69) is 19.1 Å². The number of carbonyl (C=O) groups is 1. The molecule has 6 heteroatoms. The number of pyridine rings is 1. The average Bonchev–Trinajstić information content (AvgIpc) is 2.63. The molecule has 0 bridgehead atoms. The number of nitrogens with zero attached hydrogens (tertiary/aromatic N) is 2. The van der Waals surface area contributed by atoms with Crippen molar-refractivity contribution in [2.75, 3.05) is 17.1 Å². The third-order valence-electron chi connectivity index (χ3n) is 5.07. The SMILES string of the molecule is CCC[B-]1(CCC)Nc2cccc[n+]2C(=O)N1c1ccc(OC)cc1. The van der Waals surface area contributed by atoms with Gasteiger partial charge in [-0.3, -0.25) is 0 Å². The lowest BCUT2D eigenvalue weighted by Crippen LogP contribution is -2.73. The second-order valence-corrected chi connectivity index (χ2v) is 6.72. The first-order chi connectivity index (χ1) is 12.1. The first-order valence-corrected chi connectivity index (χ1v) is 9.11. The predicted octanol–water partition coefficient (Wildman–Crippen LogP) is 4.15. The van der Waals surface area contributed by atoms with E-state index in [-0.39, 0.29) is 6.03 Å². The molecule has 0 saturated heterocycles. The van der Waals surface area contributed by atoms with Crippen molar-refractivity contribution in [1.82, 2.24) is 0 Å². The van der Waals surface area contributed by atoms with E-state index in [1.165, 1.54) is 0 Å². The van der Waals surface area contributed by atoms with Gasteiger partial charge in [0.05, 0.1) is 19.0 Å². The van der Waals surface area contributed by atoms with Gasteiger partial charge in [-0.1, -0.05) is 32.8 Å². The van der Waals surface area contributed by atoms with Gasteiger partial charge in [0.25, 0.3) is 0 Å². The number of nitrogens with one attached hydrogen (secondary N) is 1. The van der Waals surface area contributed by atoms with E-state index in [1.54, 1.807) is 11.7 Å². The van der Waals surface area contributed by atoms with E-state index in [1.807, 2.05) is 53.5 Å². The third kappa shape index (κ3) is 3.08. The number of ether oxygens (including phenoxy) is 1. The van der Waals surface area contributed by atoms with Crippen molar-refractivity contribution in [3.63, 3.8) is 0 Å². The van der Waals surface area contributed by atoms with Gasteiger partial charge in [0.1, 0.15) is 5.75 Å². The molecule has 0 unspecified atom stereocenters. The molecule has 25 heavy (non-hydrogen) atoms. The standard InChI is InChI=1S/C19H25BN3O2/c1-4-13-20(14-5-2)21-18-8-6-7-15-22(18)19(24)23(20)16-9-11-17(25-3)12-10-16/h6-12,15H,4-5,13-14H2,1-3H3/q-1/p+1. The number of anilines is 2. The number of methoxy groups -OCH3 is 1. The maximum Gasteiger partial charge on any atom is 0.406 e. The molecule has 1 aliphatic heterocycles. The van der Waals surface area contributed by atoms with Crippen molar-refractivity contribution in [1.29, 1.82) is 0 Å². The van der Waals surface area contributed by atoms with Gasteiger partial charge >= 0.3 is 12.4 Å². The van der Waals surface area contributed by atoms with Gasteiger partial charge in [-0.05, 0) is 30.3 Å². The molecular formula is C19H26BN3O2. The highest BCUT2D eigenvalue weighted by Gasteiger charge is 2.47. The summed E-state index contributed by atoms with van der Waals surface area (Å²) in [4.78, 5) is 15.3. The van der Waals surface area contributed by atoms with Gasteiger partial charge in [0, 0.05) is 6.07 Å². The minimum atomic E-state index is -1.23. The summed E-state index contributed by atoms with van der Waals surface area (Å²) >= 11 is 0. The topological polar surface area (TPSA) is 45.5 Å². The highest BCUT2D eigenvalue weighted by molar-refractivity contribution is 6.89. The van der Waals surface area contributed by atoms with E-state index in [0.29, 0.717) is 0 Å². The van der Waals surface area contributed by atoms with Crippen molar-refractivity contribution in [2.45, 2.75) is 39.3 Å². The zero-order valence-electron chi connectivity index (χ0n) is 15.2. The monoisotopic (exact) mass is 339 g/mol. The smallest absolute Gasteiger partial charge is 0.406 e. The van der Waals surface area contributed by atoms with Crippen molar-refractivity contribution in [3.8, 4) is 5.75 Å². The van der Waals surface area contributed by atoms with E-state index >= 15 is 0 Å². The van der Waals surface area contributed by atoms with Crippen LogP contribution >= 0.6 is 0 Å². The first kappa shape index (κ1) is 17.3. The molecule has 1 aromatic carbocycles. The number of rotatable bonds is 6. The Balaban J connectivity index is 2.13. The normalized spacial score (nSPS) is 15.5. The highest BCUT2D eigenvalue weighted by atomic mass is 16.5. The number of amides is 1. The Kier molecular flexibility index (Phi) is 4.97. The first-order valence-electron chi connectivity index (χ1n) is 9.11. The molecule has 0 fully saturated rings. The fraction of sp³-hybridized carbons (Fsp3) is 0.368. The molecule has 5 nitrogen and oxygen atoms in total. The van der Waals surface area contributed by atoms with E-state index in [9.17, 15) is 4.79 Å². The summed E-state index contributed by atoms with van der Waals surface area (Å²) in [5.41, 5.74) is 0.905. The van der Waals surface area contributed by atoms with Crippen LogP contribution in [-0.2, 0) is 0 Å². The van der Waals surface area contributed by atoms with E-state index < -0.39 is 6.42 Å². The van der Waals surface area contributed by atoms with Gasteiger partial charge in [-0.15, -0.1) is 12.6 Å². The summed E-state index contributed by atoms with van der Waals surface area (Å²) in [5, 5.41) is 3.72. The Bertz CT molecular complexity index is 743. The summed E-state index contributed by atoms with van der Waals surface area (Å²) in [7, 11) is 1.65. The molecule has 0 saturated carbocycles. The van der Waals surface area contributed by atoms with Crippen LogP contribution in [0.1, 0.15) is 26.7 Å². The molecule has 1 aromatic heterocycles. The Morgan fingerprint density at radius 3 is 2.36 bits per heavy atom. The van der Waals surface area contributed by atoms with E-state index in [4.69, 9.17) is 4.74 Å². The number of hydrogen-bond donors (Lipinski definition) is 1. The number of fused-ring (bicyclic) bond motifs is 1. The fourth-order valence-corrected chi connectivity index (χ4v) is 4.04. The largest absolute Gasteiger partial charge is 0.497 e. The van der Waals surface area contributed by atoms with Crippen LogP contribution in [0, 0.1) is 0 Å². The van der Waals surface area contributed by atoms with Crippen LogP contribution in [0.4, 0.5) is 16.3 Å². The van der Waals surface area contributed by atoms with Crippen LogP contribution in [0.5, 0.6) is 5.75 Å². The summed E-state index contributed by atoms with van der Waals surface area (Å²) in [6.07, 6.45) is 4.50. The summed E-state index contributed by atoms with van der Waals surface area (Å²) < 4.78 is 6.96. The lowest BCUT2D eigenvalue weighted by Gasteiger charge is -2.47. The minimum Gasteiger partial charge on any atom is -0.497 e. The van der Waals surface area contributed by atoms with Crippen LogP contribution in [0.2, 0.25) is 12.6 Å². The van der Waals surface area contributed by atoms with Gasteiger partial charge in [-0.25, -0.2) is 4.79 Å². The lowest BCUT2D eigenvalue weighted by atomic mass is 9.38. The number of hydrogen-bond acceptors (Lipinski definition) is 3. The van der Waals surface area contributed by atoms with Gasteiger partial charge in [-0.2, -0.15) is 4.57 Å². The Hall–Kier alpha value is -2.50. The summed E-state index contributed by atoms with van der Waals surface area (Å²) in [5.74, 6) is 1.66. The second kappa shape index (κ2) is 7.17. The van der Waals surface area contributed by atoms with Gasteiger partial charge < -0.3 is 14.8 Å². The molecular weight excluding hydrogens is 313 g/mol. The van der Waals surface area contributed by atoms with Crippen molar-refractivity contribution < 1.29 is 14.1 Å². The minimum absolute atomic E-state index is 0.00131. The molecule has 132 valence electrons. The zero-order chi connectivity index (χ0) is 17.9. The zero-order valence-corrected chi connectivity index (χ0v) is 15.2. The van der Waals surface area contributed by atoms with Crippen LogP contribution in [-0.4, -0.2) is 19.6 Å². The van der Waals surface area contributed by atoms with Crippen LogP contribution in [0.15, 0.2) is 48.7 Å². The maximum atomic E-state index is 13.4. The molecule has 0 atom stereocenters. The average molecular weight is 339 g/mol. The Morgan fingerprint density at radius 2 is 1.76 bits per heavy atom. The molecule has 1 N–H and O–H groups in total. The molecule has 0 spiro atoms. The molecule has 1 aliphatic rings. The van der Waals surface area contributed by atoms with Gasteiger partial charge in [0.2, 0.25) is 0 Å². The second-order valence-electron chi connectivity index (χ2n) is 6.72. The molecule has 2 aromatic rings. The van der Waals surface area contributed by atoms with Crippen molar-refractivity contribution in [3.05, 3.63) is 48.7 Å². The Morgan fingerprint density at radius 1 is 1.08 bits per heavy atom. The maximum absolute atomic E-state index is 13.4. The van der Waals surface area contributed by atoms with Crippen LogP contribution in [0.3, 0.4) is 0 Å². The quantitative estimate of drug-likeness (QED) is 0.635. The molecule has 2 heterocycles. The number of benzene rings is 1. The van der Waals surface area contributed by atoms with Crippen molar-refractivity contribution in [2.24, 2.45) is 0 Å². The summed E-state index contributed by atoms with van der Waals surface area (Å²) in [6.45, 7) is 4.34. The fourth-order valence-electron chi connectivity index (χ4n) is 4.04. The number of aromatic nitrogens is 1. The van der Waals surface area contributed by atoms with E-state index in [0.717, 1.165) is 42.7 Å². The third-order valence-corrected chi connectivity index (χ3v) is 5.07. The predicted molar refractivity (Wildman–Crippen MR) is 102 cm³/mol. The summed E-state index contributed by atoms with van der Waals surface area (Å²) in [6, 6.07) is 13.6. The molecule has 0 radical (unpaired) electrons. The Labute approximate surface area is 149 Å². The lowest BCUT2D eigenvalue weighted by molar-refractivity contribution is -0.554. The molecule has 3 rings (SSSR count). The molecule has 1 amide bonds. The number of carbonyl (C=O) groups excluding carboxylic acids is 1. The molecule has 0 aliphatic carbocycles. The highest BCUT2D eigenvalue weighted by Crippen LogP contribution is 2.33.